The quantitative estimate of drug-likeness (QED) is 0.731. The van der Waals surface area contributed by atoms with E-state index in [1.54, 1.807) is 17.0 Å². The standard InChI is InChI=1S/C14H23N3O2/c1-14(2,7-4-8-18)11-15-13(19)6-5-12-9-16-17(3)10-12/h5-6,9-10,18H,4,7-8,11H2,1-3H3,(H,15,19)/b6-5+. The molecule has 1 aromatic rings. The summed E-state index contributed by atoms with van der Waals surface area (Å²) < 4.78 is 1.69. The van der Waals surface area contributed by atoms with E-state index >= 15 is 0 Å². The fourth-order valence-corrected chi connectivity index (χ4v) is 1.73. The van der Waals surface area contributed by atoms with E-state index in [4.69, 9.17) is 5.11 Å². The van der Waals surface area contributed by atoms with Gasteiger partial charge in [0, 0.05) is 38.0 Å². The predicted octanol–water partition coefficient (Wildman–Crippen LogP) is 1.35. The zero-order valence-electron chi connectivity index (χ0n) is 11.9. The Morgan fingerprint density at radius 3 is 2.89 bits per heavy atom. The van der Waals surface area contributed by atoms with Gasteiger partial charge in [-0.3, -0.25) is 9.48 Å². The summed E-state index contributed by atoms with van der Waals surface area (Å²) in [4.78, 5) is 11.7. The maximum absolute atomic E-state index is 11.7. The molecule has 0 spiro atoms. The number of aliphatic hydroxyl groups is 1. The van der Waals surface area contributed by atoms with Gasteiger partial charge in [-0.15, -0.1) is 0 Å². The number of rotatable bonds is 7. The molecule has 2 N–H and O–H groups in total. The predicted molar refractivity (Wildman–Crippen MR) is 75.4 cm³/mol. The Balaban J connectivity index is 2.37. The number of hydrogen-bond donors (Lipinski definition) is 2. The van der Waals surface area contributed by atoms with Crippen molar-refractivity contribution in [1.29, 1.82) is 0 Å². The van der Waals surface area contributed by atoms with Crippen molar-refractivity contribution in [2.75, 3.05) is 13.2 Å². The van der Waals surface area contributed by atoms with Crippen molar-refractivity contribution in [2.24, 2.45) is 12.5 Å². The molecule has 0 saturated heterocycles. The van der Waals surface area contributed by atoms with E-state index in [0.717, 1.165) is 18.4 Å². The van der Waals surface area contributed by atoms with Crippen molar-refractivity contribution in [2.45, 2.75) is 26.7 Å². The third-order valence-corrected chi connectivity index (χ3v) is 2.90. The highest BCUT2D eigenvalue weighted by Crippen LogP contribution is 2.20. The molecular weight excluding hydrogens is 242 g/mol. The molecule has 0 unspecified atom stereocenters. The molecule has 0 radical (unpaired) electrons. The van der Waals surface area contributed by atoms with Gasteiger partial charge in [0.15, 0.2) is 0 Å². The van der Waals surface area contributed by atoms with Crippen LogP contribution in [-0.2, 0) is 11.8 Å². The molecule has 0 atom stereocenters. The van der Waals surface area contributed by atoms with Crippen molar-refractivity contribution in [1.82, 2.24) is 15.1 Å². The third kappa shape index (κ3) is 6.20. The van der Waals surface area contributed by atoms with Crippen molar-refractivity contribution < 1.29 is 9.90 Å². The van der Waals surface area contributed by atoms with E-state index in [1.165, 1.54) is 6.08 Å². The fourth-order valence-electron chi connectivity index (χ4n) is 1.73. The van der Waals surface area contributed by atoms with E-state index in [-0.39, 0.29) is 17.9 Å². The molecule has 5 heteroatoms. The molecule has 1 rings (SSSR count). The highest BCUT2D eigenvalue weighted by molar-refractivity contribution is 5.91. The largest absolute Gasteiger partial charge is 0.396 e. The summed E-state index contributed by atoms with van der Waals surface area (Å²) in [6.07, 6.45) is 8.44. The van der Waals surface area contributed by atoms with Gasteiger partial charge in [-0.25, -0.2) is 0 Å². The van der Waals surface area contributed by atoms with Crippen LogP contribution < -0.4 is 5.32 Å². The SMILES string of the molecule is Cn1cc(/C=C/C(=O)NCC(C)(C)CCCO)cn1. The second-order valence-electron chi connectivity index (χ2n) is 5.49. The van der Waals surface area contributed by atoms with Crippen LogP contribution in [0.4, 0.5) is 0 Å². The number of aromatic nitrogens is 2. The summed E-state index contributed by atoms with van der Waals surface area (Å²) in [6, 6.07) is 0. The molecule has 1 aromatic heterocycles. The van der Waals surface area contributed by atoms with E-state index in [9.17, 15) is 4.79 Å². The van der Waals surface area contributed by atoms with Crippen molar-refractivity contribution in [3.63, 3.8) is 0 Å². The minimum absolute atomic E-state index is 0.000528. The zero-order chi connectivity index (χ0) is 14.3. The van der Waals surface area contributed by atoms with Crippen LogP contribution in [0.15, 0.2) is 18.5 Å². The summed E-state index contributed by atoms with van der Waals surface area (Å²) in [5, 5.41) is 15.7. The first-order chi connectivity index (χ1) is 8.93. The van der Waals surface area contributed by atoms with Gasteiger partial charge >= 0.3 is 0 Å². The molecule has 0 saturated carbocycles. The number of hydrogen-bond acceptors (Lipinski definition) is 3. The lowest BCUT2D eigenvalue weighted by molar-refractivity contribution is -0.116. The highest BCUT2D eigenvalue weighted by Gasteiger charge is 2.17. The Kier molecular flexibility index (Phi) is 5.76. The topological polar surface area (TPSA) is 67.2 Å². The first-order valence-corrected chi connectivity index (χ1v) is 6.48. The molecule has 5 nitrogen and oxygen atoms in total. The van der Waals surface area contributed by atoms with Crippen LogP contribution >= 0.6 is 0 Å². The second kappa shape index (κ2) is 7.09. The zero-order valence-corrected chi connectivity index (χ0v) is 11.9. The summed E-state index contributed by atoms with van der Waals surface area (Å²) in [5.41, 5.74) is 0.901. The van der Waals surface area contributed by atoms with E-state index in [1.807, 2.05) is 13.2 Å². The van der Waals surface area contributed by atoms with Gasteiger partial charge in [-0.2, -0.15) is 5.10 Å². The molecule has 0 fully saturated rings. The number of carbonyl (C=O) groups excluding carboxylic acids is 1. The van der Waals surface area contributed by atoms with Crippen molar-refractivity contribution in [3.05, 3.63) is 24.0 Å². The Morgan fingerprint density at radius 1 is 1.58 bits per heavy atom. The van der Waals surface area contributed by atoms with Gasteiger partial charge in [-0.1, -0.05) is 13.8 Å². The van der Waals surface area contributed by atoms with E-state index in [0.29, 0.717) is 6.54 Å². The minimum atomic E-state index is -0.110. The van der Waals surface area contributed by atoms with E-state index in [2.05, 4.69) is 24.3 Å². The number of carbonyl (C=O) groups is 1. The molecule has 19 heavy (non-hydrogen) atoms. The van der Waals surface area contributed by atoms with Crippen LogP contribution in [-0.4, -0.2) is 33.9 Å². The molecule has 1 amide bonds. The Bertz CT molecular complexity index is 436. The third-order valence-electron chi connectivity index (χ3n) is 2.90. The fraction of sp³-hybridized carbons (Fsp3) is 0.571. The number of amides is 1. The lowest BCUT2D eigenvalue weighted by Gasteiger charge is -2.24. The maximum atomic E-state index is 11.7. The van der Waals surface area contributed by atoms with Crippen LogP contribution in [0.1, 0.15) is 32.3 Å². The number of nitrogens with zero attached hydrogens (tertiary/aromatic N) is 2. The summed E-state index contributed by atoms with van der Waals surface area (Å²) in [7, 11) is 1.83. The van der Waals surface area contributed by atoms with Gasteiger partial charge in [-0.05, 0) is 24.3 Å². The minimum Gasteiger partial charge on any atom is -0.396 e. The first-order valence-electron chi connectivity index (χ1n) is 6.48. The lowest BCUT2D eigenvalue weighted by Crippen LogP contribution is -2.33. The van der Waals surface area contributed by atoms with Crippen molar-refractivity contribution >= 4 is 12.0 Å². The summed E-state index contributed by atoms with van der Waals surface area (Å²) >= 11 is 0. The monoisotopic (exact) mass is 265 g/mol. The Morgan fingerprint density at radius 2 is 2.32 bits per heavy atom. The number of nitrogens with one attached hydrogen (secondary N) is 1. The van der Waals surface area contributed by atoms with Gasteiger partial charge < -0.3 is 10.4 Å². The number of aliphatic hydroxyl groups excluding tert-OH is 1. The average molecular weight is 265 g/mol. The van der Waals surface area contributed by atoms with E-state index < -0.39 is 0 Å². The molecule has 0 bridgehead atoms. The molecule has 0 aromatic carbocycles. The average Bonchev–Trinajstić information content (AvgIpc) is 2.77. The Labute approximate surface area is 114 Å². The van der Waals surface area contributed by atoms with Crippen LogP contribution in [0, 0.1) is 5.41 Å². The molecule has 0 aliphatic carbocycles. The van der Waals surface area contributed by atoms with Gasteiger partial charge in [0.25, 0.3) is 0 Å². The first kappa shape index (κ1) is 15.4. The van der Waals surface area contributed by atoms with Crippen LogP contribution in [0.25, 0.3) is 6.08 Å². The van der Waals surface area contributed by atoms with Crippen LogP contribution in [0.2, 0.25) is 0 Å². The highest BCUT2D eigenvalue weighted by atomic mass is 16.2. The Hall–Kier alpha value is -1.62. The van der Waals surface area contributed by atoms with Gasteiger partial charge in [0.1, 0.15) is 0 Å². The molecule has 0 aliphatic rings. The summed E-state index contributed by atoms with van der Waals surface area (Å²) in [6.45, 7) is 4.95. The molecular formula is C14H23N3O2. The normalized spacial score (nSPS) is 12.0. The smallest absolute Gasteiger partial charge is 0.244 e. The van der Waals surface area contributed by atoms with Crippen molar-refractivity contribution in [3.8, 4) is 0 Å². The molecule has 1 heterocycles. The number of aryl methyl sites for hydroxylation is 1. The summed E-state index contributed by atoms with van der Waals surface area (Å²) in [5.74, 6) is -0.110. The molecule has 0 aliphatic heterocycles. The van der Waals surface area contributed by atoms with Crippen LogP contribution in [0.5, 0.6) is 0 Å². The van der Waals surface area contributed by atoms with Gasteiger partial charge in [0.2, 0.25) is 5.91 Å². The molecule has 106 valence electrons. The lowest BCUT2D eigenvalue weighted by atomic mass is 9.88. The maximum Gasteiger partial charge on any atom is 0.244 e. The van der Waals surface area contributed by atoms with Crippen LogP contribution in [0.3, 0.4) is 0 Å². The van der Waals surface area contributed by atoms with Gasteiger partial charge in [0.05, 0.1) is 6.20 Å². The second-order valence-corrected chi connectivity index (χ2v) is 5.49.